The summed E-state index contributed by atoms with van der Waals surface area (Å²) < 4.78 is 12.6. The van der Waals surface area contributed by atoms with E-state index in [-0.39, 0.29) is 0 Å². The Bertz CT molecular complexity index is 375. The smallest absolute Gasteiger partial charge is 0.312 e. The minimum atomic E-state index is -1.19. The standard InChI is InChI=1S/C10H10FNO3/c1-12(9(13)6-10(14)15)8-4-2-7(11)3-5-8/h2-5H,6H2,1H3,(H,14,15). The van der Waals surface area contributed by atoms with Crippen molar-refractivity contribution in [1.29, 1.82) is 0 Å². The first-order valence-electron chi connectivity index (χ1n) is 4.24. The Morgan fingerprint density at radius 3 is 2.33 bits per heavy atom. The summed E-state index contributed by atoms with van der Waals surface area (Å²) in [6.45, 7) is 0. The fourth-order valence-corrected chi connectivity index (χ4v) is 1.06. The molecular formula is C10H10FNO3. The number of amides is 1. The first-order chi connectivity index (χ1) is 7.00. The van der Waals surface area contributed by atoms with E-state index in [1.807, 2.05) is 0 Å². The summed E-state index contributed by atoms with van der Waals surface area (Å²) in [5.41, 5.74) is 0.461. The van der Waals surface area contributed by atoms with Crippen molar-refractivity contribution < 1.29 is 19.1 Å². The summed E-state index contributed by atoms with van der Waals surface area (Å²) >= 11 is 0. The van der Waals surface area contributed by atoms with Crippen LogP contribution in [0, 0.1) is 5.82 Å². The fourth-order valence-electron chi connectivity index (χ4n) is 1.06. The number of rotatable bonds is 3. The molecular weight excluding hydrogens is 201 g/mol. The molecule has 0 fully saturated rings. The predicted octanol–water partition coefficient (Wildman–Crippen LogP) is 1.26. The number of carbonyl (C=O) groups excluding carboxylic acids is 1. The van der Waals surface area contributed by atoms with Crippen molar-refractivity contribution in [3.8, 4) is 0 Å². The molecule has 4 nitrogen and oxygen atoms in total. The number of carbonyl (C=O) groups is 2. The SMILES string of the molecule is CN(C(=O)CC(=O)O)c1ccc(F)cc1. The van der Waals surface area contributed by atoms with E-state index >= 15 is 0 Å². The lowest BCUT2D eigenvalue weighted by Crippen LogP contribution is -2.28. The fraction of sp³-hybridized carbons (Fsp3) is 0.200. The summed E-state index contributed by atoms with van der Waals surface area (Å²) in [6.07, 6.45) is -0.576. The van der Waals surface area contributed by atoms with Crippen LogP contribution in [-0.2, 0) is 9.59 Å². The monoisotopic (exact) mass is 211 g/mol. The molecule has 0 radical (unpaired) electrons. The van der Waals surface area contributed by atoms with E-state index in [0.29, 0.717) is 5.69 Å². The van der Waals surface area contributed by atoms with E-state index in [1.165, 1.54) is 36.2 Å². The molecule has 1 amide bonds. The third-order valence-electron chi connectivity index (χ3n) is 1.89. The van der Waals surface area contributed by atoms with E-state index in [1.54, 1.807) is 0 Å². The van der Waals surface area contributed by atoms with Gasteiger partial charge in [-0.1, -0.05) is 0 Å². The lowest BCUT2D eigenvalue weighted by atomic mass is 10.2. The van der Waals surface area contributed by atoms with Crippen LogP contribution in [0.25, 0.3) is 0 Å². The highest BCUT2D eigenvalue weighted by Gasteiger charge is 2.14. The summed E-state index contributed by atoms with van der Waals surface area (Å²) in [5, 5.41) is 8.42. The zero-order valence-electron chi connectivity index (χ0n) is 8.11. The van der Waals surface area contributed by atoms with Gasteiger partial charge < -0.3 is 10.0 Å². The lowest BCUT2D eigenvalue weighted by molar-refractivity contribution is -0.140. The zero-order valence-corrected chi connectivity index (χ0v) is 8.11. The van der Waals surface area contributed by atoms with Gasteiger partial charge in [-0.3, -0.25) is 9.59 Å². The highest BCUT2D eigenvalue weighted by molar-refractivity contribution is 6.02. The van der Waals surface area contributed by atoms with Crippen molar-refractivity contribution in [2.45, 2.75) is 6.42 Å². The first-order valence-corrected chi connectivity index (χ1v) is 4.24. The van der Waals surface area contributed by atoms with E-state index in [9.17, 15) is 14.0 Å². The average Bonchev–Trinajstić information content (AvgIpc) is 2.17. The molecule has 0 aliphatic carbocycles. The molecule has 0 unspecified atom stereocenters. The van der Waals surface area contributed by atoms with Gasteiger partial charge in [-0.15, -0.1) is 0 Å². The summed E-state index contributed by atoms with van der Waals surface area (Å²) in [7, 11) is 1.44. The molecule has 0 heterocycles. The topological polar surface area (TPSA) is 57.6 Å². The van der Waals surface area contributed by atoms with Gasteiger partial charge in [0.05, 0.1) is 0 Å². The van der Waals surface area contributed by atoms with Gasteiger partial charge in [0.1, 0.15) is 12.2 Å². The van der Waals surface area contributed by atoms with Crippen LogP contribution in [0.3, 0.4) is 0 Å². The van der Waals surface area contributed by atoms with Crippen LogP contribution in [0.4, 0.5) is 10.1 Å². The molecule has 0 aromatic heterocycles. The molecule has 0 spiro atoms. The van der Waals surface area contributed by atoms with E-state index in [4.69, 9.17) is 5.11 Å². The number of carboxylic acid groups (broad SMARTS) is 1. The normalized spacial score (nSPS) is 9.73. The van der Waals surface area contributed by atoms with E-state index in [2.05, 4.69) is 0 Å². The number of halogens is 1. The van der Waals surface area contributed by atoms with Gasteiger partial charge in [0.25, 0.3) is 0 Å². The number of benzene rings is 1. The maximum absolute atomic E-state index is 12.6. The molecule has 1 aromatic carbocycles. The number of nitrogens with zero attached hydrogens (tertiary/aromatic N) is 1. The molecule has 0 aliphatic rings. The quantitative estimate of drug-likeness (QED) is 0.766. The second-order valence-electron chi connectivity index (χ2n) is 3.00. The highest BCUT2D eigenvalue weighted by atomic mass is 19.1. The Hall–Kier alpha value is -1.91. The van der Waals surface area contributed by atoms with Crippen LogP contribution >= 0.6 is 0 Å². The molecule has 1 aromatic rings. The predicted molar refractivity (Wildman–Crippen MR) is 52.1 cm³/mol. The maximum Gasteiger partial charge on any atom is 0.312 e. The molecule has 0 saturated carbocycles. The molecule has 80 valence electrons. The Morgan fingerprint density at radius 2 is 1.87 bits per heavy atom. The zero-order chi connectivity index (χ0) is 11.4. The number of anilines is 1. The van der Waals surface area contributed by atoms with E-state index in [0.717, 1.165) is 0 Å². The molecule has 1 N–H and O–H groups in total. The molecule has 5 heteroatoms. The van der Waals surface area contributed by atoms with Crippen molar-refractivity contribution in [2.75, 3.05) is 11.9 Å². The van der Waals surface area contributed by atoms with Gasteiger partial charge in [-0.25, -0.2) is 4.39 Å². The molecule has 15 heavy (non-hydrogen) atoms. The van der Waals surface area contributed by atoms with Gasteiger partial charge in [0.15, 0.2) is 0 Å². The highest BCUT2D eigenvalue weighted by Crippen LogP contribution is 2.13. The van der Waals surface area contributed by atoms with Crippen LogP contribution in [0.2, 0.25) is 0 Å². The average molecular weight is 211 g/mol. The number of carboxylic acids is 1. The van der Waals surface area contributed by atoms with E-state index < -0.39 is 24.1 Å². The summed E-state index contributed by atoms with van der Waals surface area (Å²) in [4.78, 5) is 22.8. The molecule has 0 atom stereocenters. The second-order valence-corrected chi connectivity index (χ2v) is 3.00. The van der Waals surface area contributed by atoms with Gasteiger partial charge in [0, 0.05) is 12.7 Å². The van der Waals surface area contributed by atoms with Crippen LogP contribution in [-0.4, -0.2) is 24.0 Å². The molecule has 0 saturated heterocycles. The summed E-state index contributed by atoms with van der Waals surface area (Å²) in [6, 6.07) is 5.24. The minimum absolute atomic E-state index is 0.405. The third-order valence-corrected chi connectivity index (χ3v) is 1.89. The molecule has 0 bridgehead atoms. The lowest BCUT2D eigenvalue weighted by Gasteiger charge is -2.15. The van der Waals surface area contributed by atoms with Crippen molar-refractivity contribution in [3.05, 3.63) is 30.1 Å². The van der Waals surface area contributed by atoms with Gasteiger partial charge in [0.2, 0.25) is 5.91 Å². The second kappa shape index (κ2) is 4.54. The third kappa shape index (κ3) is 3.05. The van der Waals surface area contributed by atoms with Gasteiger partial charge in [-0.2, -0.15) is 0 Å². The van der Waals surface area contributed by atoms with Crippen molar-refractivity contribution in [1.82, 2.24) is 0 Å². The minimum Gasteiger partial charge on any atom is -0.481 e. The summed E-state index contributed by atoms with van der Waals surface area (Å²) in [5.74, 6) is -2.14. The largest absolute Gasteiger partial charge is 0.481 e. The first kappa shape index (κ1) is 11.2. The van der Waals surface area contributed by atoms with Crippen LogP contribution in [0.1, 0.15) is 6.42 Å². The Morgan fingerprint density at radius 1 is 1.33 bits per heavy atom. The number of aliphatic carboxylic acids is 1. The Kier molecular flexibility index (Phi) is 3.38. The van der Waals surface area contributed by atoms with Crippen LogP contribution in [0.15, 0.2) is 24.3 Å². The maximum atomic E-state index is 12.6. The van der Waals surface area contributed by atoms with Crippen molar-refractivity contribution >= 4 is 17.6 Å². The van der Waals surface area contributed by atoms with Crippen LogP contribution in [0.5, 0.6) is 0 Å². The Balaban J connectivity index is 2.76. The molecule has 1 rings (SSSR count). The van der Waals surface area contributed by atoms with Gasteiger partial charge >= 0.3 is 5.97 Å². The van der Waals surface area contributed by atoms with Crippen LogP contribution < -0.4 is 4.90 Å². The van der Waals surface area contributed by atoms with Crippen molar-refractivity contribution in [3.63, 3.8) is 0 Å². The number of hydrogen-bond acceptors (Lipinski definition) is 2. The number of hydrogen-bond donors (Lipinski definition) is 1. The van der Waals surface area contributed by atoms with Gasteiger partial charge in [-0.05, 0) is 24.3 Å². The Labute approximate surface area is 85.9 Å². The van der Waals surface area contributed by atoms with Crippen molar-refractivity contribution in [2.24, 2.45) is 0 Å². The molecule has 0 aliphatic heterocycles.